The Kier molecular flexibility index (Phi) is 5.28. The number of hydrogen-bond acceptors (Lipinski definition) is 3. The highest BCUT2D eigenvalue weighted by molar-refractivity contribution is 5.91. The van der Waals surface area contributed by atoms with Gasteiger partial charge >= 0.3 is 6.18 Å². The third-order valence-corrected chi connectivity index (χ3v) is 3.42. The number of nitrogens with one attached hydrogen (secondary N) is 1. The van der Waals surface area contributed by atoms with Gasteiger partial charge in [0.05, 0.1) is 17.8 Å². The van der Waals surface area contributed by atoms with Gasteiger partial charge in [-0.1, -0.05) is 12.1 Å². The Morgan fingerprint density at radius 3 is 2.42 bits per heavy atom. The minimum Gasteiger partial charge on any atom is -0.310 e. The molecular formula is C16H19F3N4O. The summed E-state index contributed by atoms with van der Waals surface area (Å²) in [6.45, 7) is 2.31. The third kappa shape index (κ3) is 4.82. The van der Waals surface area contributed by atoms with Crippen molar-refractivity contribution in [3.8, 4) is 0 Å². The molecule has 1 aromatic heterocycles. The summed E-state index contributed by atoms with van der Waals surface area (Å²) >= 11 is 0. The maximum atomic E-state index is 12.5. The van der Waals surface area contributed by atoms with Crippen LogP contribution in [0.2, 0.25) is 0 Å². The van der Waals surface area contributed by atoms with E-state index in [9.17, 15) is 18.0 Å². The highest BCUT2D eigenvalue weighted by Crippen LogP contribution is 2.29. The van der Waals surface area contributed by atoms with E-state index in [-0.39, 0.29) is 12.5 Å². The van der Waals surface area contributed by atoms with E-state index in [0.717, 1.165) is 17.8 Å². The van der Waals surface area contributed by atoms with Gasteiger partial charge in [-0.05, 0) is 31.7 Å². The summed E-state index contributed by atoms with van der Waals surface area (Å²) in [7, 11) is 3.46. The third-order valence-electron chi connectivity index (χ3n) is 3.42. The molecule has 0 bridgehead atoms. The summed E-state index contributed by atoms with van der Waals surface area (Å²) in [5.41, 5.74) is 0.818. The van der Waals surface area contributed by atoms with E-state index >= 15 is 0 Å². The Labute approximate surface area is 138 Å². The van der Waals surface area contributed by atoms with Gasteiger partial charge < -0.3 is 5.32 Å². The second-order valence-corrected chi connectivity index (χ2v) is 5.71. The Hall–Kier alpha value is -2.35. The number of nitrogens with zero attached hydrogens (tertiary/aromatic N) is 3. The number of carbonyl (C=O) groups excluding carboxylic acids is 1. The zero-order chi connectivity index (χ0) is 17.9. The van der Waals surface area contributed by atoms with E-state index in [1.807, 2.05) is 6.92 Å². The van der Waals surface area contributed by atoms with Crippen molar-refractivity contribution < 1.29 is 18.0 Å². The standard InChI is InChI=1S/C16H19F3N4O/c1-11-8-14(23(3)21-11)20-15(24)10-22(2)9-12-4-6-13(7-5-12)16(17,18)19/h4-8H,9-10H2,1-3H3,(H,20,24). The topological polar surface area (TPSA) is 50.2 Å². The van der Waals surface area contributed by atoms with Gasteiger partial charge in [-0.2, -0.15) is 18.3 Å². The molecule has 5 nitrogen and oxygen atoms in total. The van der Waals surface area contributed by atoms with E-state index < -0.39 is 11.7 Å². The van der Waals surface area contributed by atoms with Crippen LogP contribution < -0.4 is 5.32 Å². The first-order valence-corrected chi connectivity index (χ1v) is 7.30. The van der Waals surface area contributed by atoms with Gasteiger partial charge in [0.15, 0.2) is 0 Å². The number of hydrogen-bond donors (Lipinski definition) is 1. The van der Waals surface area contributed by atoms with Gasteiger partial charge in [0, 0.05) is 19.7 Å². The summed E-state index contributed by atoms with van der Waals surface area (Å²) in [5.74, 6) is 0.382. The first-order chi connectivity index (χ1) is 11.1. The fourth-order valence-electron chi connectivity index (χ4n) is 2.32. The molecule has 0 saturated carbocycles. The van der Waals surface area contributed by atoms with Gasteiger partial charge in [0.1, 0.15) is 5.82 Å². The zero-order valence-corrected chi connectivity index (χ0v) is 13.7. The molecule has 8 heteroatoms. The predicted octanol–water partition coefficient (Wildman–Crippen LogP) is 2.82. The molecule has 1 aromatic carbocycles. The van der Waals surface area contributed by atoms with Crippen molar-refractivity contribution in [3.05, 3.63) is 47.2 Å². The van der Waals surface area contributed by atoms with Crippen LogP contribution in [0.3, 0.4) is 0 Å². The molecule has 1 amide bonds. The van der Waals surface area contributed by atoms with E-state index in [4.69, 9.17) is 0 Å². The minimum atomic E-state index is -4.34. The highest BCUT2D eigenvalue weighted by atomic mass is 19.4. The monoisotopic (exact) mass is 340 g/mol. The number of rotatable bonds is 5. The smallest absolute Gasteiger partial charge is 0.310 e. The fourth-order valence-corrected chi connectivity index (χ4v) is 2.32. The molecule has 0 atom stereocenters. The number of likely N-dealkylation sites (N-methyl/N-ethyl adjacent to an activating group) is 1. The summed E-state index contributed by atoms with van der Waals surface area (Å²) in [4.78, 5) is 13.7. The molecule has 0 unspecified atom stereocenters. The molecule has 1 N–H and O–H groups in total. The first-order valence-electron chi connectivity index (χ1n) is 7.30. The van der Waals surface area contributed by atoms with Crippen molar-refractivity contribution in [3.63, 3.8) is 0 Å². The number of carbonyl (C=O) groups is 1. The quantitative estimate of drug-likeness (QED) is 0.911. The van der Waals surface area contributed by atoms with Crippen LogP contribution in [0.15, 0.2) is 30.3 Å². The SMILES string of the molecule is Cc1cc(NC(=O)CN(C)Cc2ccc(C(F)(F)F)cc2)n(C)n1. The van der Waals surface area contributed by atoms with Crippen molar-refractivity contribution in [2.75, 3.05) is 18.9 Å². The Balaban J connectivity index is 1.89. The number of halogens is 3. The minimum absolute atomic E-state index is 0.116. The summed E-state index contributed by atoms with van der Waals surface area (Å²) in [6, 6.07) is 6.68. The molecule has 0 saturated heterocycles. The van der Waals surface area contributed by atoms with Gasteiger partial charge in [-0.15, -0.1) is 0 Å². The summed E-state index contributed by atoms with van der Waals surface area (Å²) in [5, 5.41) is 6.88. The Morgan fingerprint density at radius 2 is 1.92 bits per heavy atom. The average Bonchev–Trinajstić information content (AvgIpc) is 2.76. The van der Waals surface area contributed by atoms with Crippen molar-refractivity contribution in [1.82, 2.24) is 14.7 Å². The maximum absolute atomic E-state index is 12.5. The van der Waals surface area contributed by atoms with Gasteiger partial charge in [-0.25, -0.2) is 0 Å². The molecule has 24 heavy (non-hydrogen) atoms. The van der Waals surface area contributed by atoms with Gasteiger partial charge in [0.2, 0.25) is 5.91 Å². The number of benzene rings is 1. The number of alkyl halides is 3. The second-order valence-electron chi connectivity index (χ2n) is 5.71. The van der Waals surface area contributed by atoms with E-state index in [1.54, 1.807) is 29.7 Å². The lowest BCUT2D eigenvalue weighted by molar-refractivity contribution is -0.137. The van der Waals surface area contributed by atoms with E-state index in [0.29, 0.717) is 17.9 Å². The molecule has 1 heterocycles. The first kappa shape index (κ1) is 18.0. The number of aryl methyl sites for hydroxylation is 2. The largest absolute Gasteiger partial charge is 0.416 e. The van der Waals surface area contributed by atoms with Crippen LogP contribution in [0.25, 0.3) is 0 Å². The van der Waals surface area contributed by atoms with Crippen molar-refractivity contribution in [2.24, 2.45) is 7.05 Å². The normalized spacial score (nSPS) is 11.8. The van der Waals surface area contributed by atoms with Crippen LogP contribution in [0.5, 0.6) is 0 Å². The zero-order valence-electron chi connectivity index (χ0n) is 13.7. The van der Waals surface area contributed by atoms with Crippen LogP contribution in [-0.2, 0) is 24.6 Å². The second kappa shape index (κ2) is 7.04. The van der Waals surface area contributed by atoms with Gasteiger partial charge in [-0.3, -0.25) is 14.4 Å². The number of amides is 1. The van der Waals surface area contributed by atoms with Crippen molar-refractivity contribution >= 4 is 11.7 Å². The molecule has 0 fully saturated rings. The summed E-state index contributed by atoms with van der Waals surface area (Å²) < 4.78 is 39.1. The van der Waals surface area contributed by atoms with Crippen LogP contribution >= 0.6 is 0 Å². The molecule has 0 aliphatic carbocycles. The highest BCUT2D eigenvalue weighted by Gasteiger charge is 2.29. The Morgan fingerprint density at radius 1 is 1.29 bits per heavy atom. The average molecular weight is 340 g/mol. The number of aromatic nitrogens is 2. The van der Waals surface area contributed by atoms with Crippen molar-refractivity contribution in [1.29, 1.82) is 0 Å². The molecule has 0 aliphatic rings. The van der Waals surface area contributed by atoms with Crippen LogP contribution in [-0.4, -0.2) is 34.2 Å². The Bertz CT molecular complexity index is 707. The molecule has 2 rings (SSSR count). The fraction of sp³-hybridized carbons (Fsp3) is 0.375. The van der Waals surface area contributed by atoms with Crippen LogP contribution in [0.1, 0.15) is 16.8 Å². The summed E-state index contributed by atoms with van der Waals surface area (Å²) in [6.07, 6.45) is -4.34. The van der Waals surface area contributed by atoms with E-state index in [2.05, 4.69) is 10.4 Å². The number of anilines is 1. The lowest BCUT2D eigenvalue weighted by Crippen LogP contribution is -2.30. The van der Waals surface area contributed by atoms with Crippen molar-refractivity contribution in [2.45, 2.75) is 19.6 Å². The molecule has 0 radical (unpaired) electrons. The lowest BCUT2D eigenvalue weighted by atomic mass is 10.1. The molecular weight excluding hydrogens is 321 g/mol. The van der Waals surface area contributed by atoms with Gasteiger partial charge in [0.25, 0.3) is 0 Å². The molecule has 130 valence electrons. The molecule has 0 spiro atoms. The van der Waals surface area contributed by atoms with E-state index in [1.165, 1.54) is 12.1 Å². The lowest BCUT2D eigenvalue weighted by Gasteiger charge is -2.17. The molecule has 2 aromatic rings. The van der Waals surface area contributed by atoms with Crippen LogP contribution in [0, 0.1) is 6.92 Å². The maximum Gasteiger partial charge on any atom is 0.416 e. The molecule has 0 aliphatic heterocycles. The van der Waals surface area contributed by atoms with Crippen LogP contribution in [0.4, 0.5) is 19.0 Å². The predicted molar refractivity (Wildman–Crippen MR) is 84.4 cm³/mol.